The molecule has 5 aromatic rings. The summed E-state index contributed by atoms with van der Waals surface area (Å²) in [6.07, 6.45) is 0.196. The number of nitrogens with one attached hydrogen (secondary N) is 2. The zero-order valence-electron chi connectivity index (χ0n) is 21.0. The van der Waals surface area contributed by atoms with Crippen LogP contribution in [0.3, 0.4) is 0 Å². The summed E-state index contributed by atoms with van der Waals surface area (Å²) in [6, 6.07) is 34.3. The number of fused-ring (bicyclic) bond motifs is 1. The van der Waals surface area contributed by atoms with Gasteiger partial charge in [-0.25, -0.2) is 0 Å². The van der Waals surface area contributed by atoms with E-state index in [1.807, 2.05) is 97.9 Å². The molecule has 0 aliphatic rings. The van der Waals surface area contributed by atoms with Gasteiger partial charge in [0.15, 0.2) is 0 Å². The molecule has 0 fully saturated rings. The van der Waals surface area contributed by atoms with E-state index in [0.29, 0.717) is 34.7 Å². The summed E-state index contributed by atoms with van der Waals surface area (Å²) in [7, 11) is 0. The van der Waals surface area contributed by atoms with Gasteiger partial charge in [0.2, 0.25) is 11.7 Å². The Bertz CT molecular complexity index is 1500. The predicted molar refractivity (Wildman–Crippen MR) is 150 cm³/mol. The second-order valence-electron chi connectivity index (χ2n) is 8.81. The number of carbonyl (C=O) groups is 2. The maximum atomic E-state index is 13.5. The topological polar surface area (TPSA) is 80.6 Å². The highest BCUT2D eigenvalue weighted by molar-refractivity contribution is 6.14. The van der Waals surface area contributed by atoms with E-state index in [9.17, 15) is 9.59 Å². The molecule has 38 heavy (non-hydrogen) atoms. The smallest absolute Gasteiger partial charge is 0.293 e. The van der Waals surface area contributed by atoms with Crippen LogP contribution in [-0.4, -0.2) is 18.4 Å². The van der Waals surface area contributed by atoms with Crippen LogP contribution in [0.1, 0.15) is 40.9 Å². The Labute approximate surface area is 221 Å². The van der Waals surface area contributed by atoms with Gasteiger partial charge in [-0.15, -0.1) is 0 Å². The number of hydrogen-bond donors (Lipinski definition) is 2. The Morgan fingerprint density at radius 2 is 1.37 bits per heavy atom. The summed E-state index contributed by atoms with van der Waals surface area (Å²) >= 11 is 0. The molecule has 2 amide bonds. The van der Waals surface area contributed by atoms with Crippen molar-refractivity contribution in [1.29, 1.82) is 0 Å². The number of para-hydroxylation sites is 3. The van der Waals surface area contributed by atoms with Crippen molar-refractivity contribution in [3.8, 4) is 5.75 Å². The van der Waals surface area contributed by atoms with Crippen LogP contribution in [0.5, 0.6) is 5.75 Å². The zero-order valence-corrected chi connectivity index (χ0v) is 21.0. The fraction of sp³-hybridized carbons (Fsp3) is 0.125. The first-order chi connectivity index (χ1) is 18.6. The van der Waals surface area contributed by atoms with Crippen LogP contribution in [0.25, 0.3) is 11.0 Å². The molecule has 2 N–H and O–H groups in total. The van der Waals surface area contributed by atoms with Gasteiger partial charge < -0.3 is 19.8 Å². The van der Waals surface area contributed by atoms with Crippen molar-refractivity contribution in [1.82, 2.24) is 0 Å². The third kappa shape index (κ3) is 5.44. The molecule has 0 bridgehead atoms. The summed E-state index contributed by atoms with van der Waals surface area (Å²) in [5.74, 6) is -0.268. The lowest BCUT2D eigenvalue weighted by Gasteiger charge is -2.18. The average Bonchev–Trinajstić information content (AvgIpc) is 3.32. The molecule has 4 aromatic carbocycles. The van der Waals surface area contributed by atoms with Crippen LogP contribution in [-0.2, 0) is 4.79 Å². The SMILES string of the molecule is CCOc1ccccc1NC(=O)c1oc2ccccc2c1NC(=O)CC(c1ccccc1)c1ccccc1. The van der Waals surface area contributed by atoms with Crippen LogP contribution in [0.15, 0.2) is 114 Å². The lowest BCUT2D eigenvalue weighted by molar-refractivity contribution is -0.116. The minimum atomic E-state index is -0.480. The standard InChI is InChI=1S/C32H28N2O4/c1-2-37-28-20-12-10-18-26(28)33-32(36)31-30(24-17-9-11-19-27(24)38-31)34-29(35)21-25(22-13-5-3-6-14-22)23-15-7-4-8-16-23/h3-20,25H,2,21H2,1H3,(H,33,36)(H,34,35). The van der Waals surface area contributed by atoms with Crippen LogP contribution < -0.4 is 15.4 Å². The van der Waals surface area contributed by atoms with E-state index in [2.05, 4.69) is 10.6 Å². The molecular formula is C32H28N2O4. The molecule has 0 saturated carbocycles. The van der Waals surface area contributed by atoms with Crippen LogP contribution in [0, 0.1) is 0 Å². The van der Waals surface area contributed by atoms with Crippen LogP contribution in [0.2, 0.25) is 0 Å². The number of furan rings is 1. The monoisotopic (exact) mass is 504 g/mol. The molecule has 0 radical (unpaired) electrons. The van der Waals surface area contributed by atoms with Crippen molar-refractivity contribution in [3.63, 3.8) is 0 Å². The van der Waals surface area contributed by atoms with Crippen LogP contribution >= 0.6 is 0 Å². The van der Waals surface area contributed by atoms with Crippen LogP contribution in [0.4, 0.5) is 11.4 Å². The van der Waals surface area contributed by atoms with E-state index >= 15 is 0 Å². The van der Waals surface area contributed by atoms with Crippen molar-refractivity contribution in [2.45, 2.75) is 19.3 Å². The van der Waals surface area contributed by atoms with Gasteiger partial charge in [0.25, 0.3) is 5.91 Å². The van der Waals surface area contributed by atoms with E-state index in [1.165, 1.54) is 0 Å². The Balaban J connectivity index is 1.44. The second kappa shape index (κ2) is 11.5. The third-order valence-electron chi connectivity index (χ3n) is 6.29. The summed E-state index contributed by atoms with van der Waals surface area (Å²) in [5.41, 5.74) is 3.45. The van der Waals surface area contributed by atoms with Gasteiger partial charge in [-0.3, -0.25) is 9.59 Å². The Morgan fingerprint density at radius 1 is 0.763 bits per heavy atom. The Morgan fingerprint density at radius 3 is 2.05 bits per heavy atom. The summed E-state index contributed by atoms with van der Waals surface area (Å²) in [6.45, 7) is 2.34. The molecular weight excluding hydrogens is 476 g/mol. The highest BCUT2D eigenvalue weighted by Gasteiger charge is 2.25. The van der Waals surface area contributed by atoms with Crippen molar-refractivity contribution >= 4 is 34.2 Å². The number of hydrogen-bond acceptors (Lipinski definition) is 4. The highest BCUT2D eigenvalue weighted by atomic mass is 16.5. The van der Waals surface area contributed by atoms with Crippen molar-refractivity contribution in [3.05, 3.63) is 126 Å². The lowest BCUT2D eigenvalue weighted by atomic mass is 9.88. The van der Waals surface area contributed by atoms with Gasteiger partial charge >= 0.3 is 0 Å². The average molecular weight is 505 g/mol. The largest absolute Gasteiger partial charge is 0.492 e. The summed E-state index contributed by atoms with van der Waals surface area (Å²) in [5, 5.41) is 6.51. The Kier molecular flexibility index (Phi) is 7.50. The molecule has 0 saturated heterocycles. The second-order valence-corrected chi connectivity index (χ2v) is 8.81. The van der Waals surface area contributed by atoms with Gasteiger partial charge in [0.05, 0.1) is 12.3 Å². The van der Waals surface area contributed by atoms with Crippen molar-refractivity contribution in [2.24, 2.45) is 0 Å². The van der Waals surface area contributed by atoms with E-state index in [0.717, 1.165) is 11.1 Å². The number of amides is 2. The first-order valence-corrected chi connectivity index (χ1v) is 12.6. The molecule has 0 aliphatic heterocycles. The normalized spacial score (nSPS) is 10.9. The number of ether oxygens (including phenoxy) is 1. The number of rotatable bonds is 9. The molecule has 0 unspecified atom stereocenters. The third-order valence-corrected chi connectivity index (χ3v) is 6.29. The summed E-state index contributed by atoms with van der Waals surface area (Å²) in [4.78, 5) is 26.9. The van der Waals surface area contributed by atoms with Gasteiger partial charge in [-0.2, -0.15) is 0 Å². The fourth-order valence-electron chi connectivity index (χ4n) is 4.53. The number of carbonyl (C=O) groups excluding carboxylic acids is 2. The maximum absolute atomic E-state index is 13.5. The number of benzene rings is 4. The maximum Gasteiger partial charge on any atom is 0.293 e. The minimum absolute atomic E-state index is 0.0295. The zero-order chi connectivity index (χ0) is 26.3. The lowest BCUT2D eigenvalue weighted by Crippen LogP contribution is -2.19. The highest BCUT2D eigenvalue weighted by Crippen LogP contribution is 2.34. The molecule has 0 aliphatic carbocycles. The van der Waals surface area contributed by atoms with Gasteiger partial charge in [-0.05, 0) is 42.3 Å². The molecule has 1 aromatic heterocycles. The van der Waals surface area contributed by atoms with Gasteiger partial charge in [-0.1, -0.05) is 84.9 Å². The predicted octanol–water partition coefficient (Wildman–Crippen LogP) is 7.24. The molecule has 6 nitrogen and oxygen atoms in total. The summed E-state index contributed by atoms with van der Waals surface area (Å²) < 4.78 is 11.6. The first kappa shape index (κ1) is 24.8. The van der Waals surface area contributed by atoms with Crippen molar-refractivity contribution < 1.29 is 18.7 Å². The molecule has 190 valence electrons. The van der Waals surface area contributed by atoms with Crippen molar-refractivity contribution in [2.75, 3.05) is 17.2 Å². The van der Waals surface area contributed by atoms with Gasteiger partial charge in [0.1, 0.15) is 17.0 Å². The minimum Gasteiger partial charge on any atom is -0.492 e. The molecule has 5 rings (SSSR count). The first-order valence-electron chi connectivity index (χ1n) is 12.6. The Hall–Kier alpha value is -4.84. The van der Waals surface area contributed by atoms with E-state index in [-0.39, 0.29) is 24.0 Å². The van der Waals surface area contributed by atoms with E-state index in [1.54, 1.807) is 18.2 Å². The molecule has 0 spiro atoms. The number of anilines is 2. The quantitative estimate of drug-likeness (QED) is 0.222. The van der Waals surface area contributed by atoms with Gasteiger partial charge in [0, 0.05) is 17.7 Å². The fourth-order valence-corrected chi connectivity index (χ4v) is 4.53. The molecule has 6 heteroatoms. The van der Waals surface area contributed by atoms with E-state index in [4.69, 9.17) is 9.15 Å². The van der Waals surface area contributed by atoms with E-state index < -0.39 is 5.91 Å². The molecule has 1 heterocycles. The molecule has 0 atom stereocenters.